The highest BCUT2D eigenvalue weighted by molar-refractivity contribution is 6.12. The topological polar surface area (TPSA) is 76.4 Å². The predicted octanol–water partition coefficient (Wildman–Crippen LogP) is 4.51. The molecule has 0 fully saturated rings. The molecule has 1 heterocycles. The minimum absolute atomic E-state index is 0.0639. The van der Waals surface area contributed by atoms with Gasteiger partial charge in [0, 0.05) is 23.4 Å². The average Bonchev–Trinajstić information content (AvgIpc) is 2.77. The van der Waals surface area contributed by atoms with Gasteiger partial charge in [0.05, 0.1) is 0 Å². The van der Waals surface area contributed by atoms with Gasteiger partial charge in [-0.1, -0.05) is 60.2 Å². The quantitative estimate of drug-likeness (QED) is 0.238. The Labute approximate surface area is 172 Å². The van der Waals surface area contributed by atoms with Crippen LogP contribution in [0.15, 0.2) is 76.0 Å². The van der Waals surface area contributed by atoms with Gasteiger partial charge in [0.15, 0.2) is 5.78 Å². The third-order valence-electron chi connectivity index (χ3n) is 4.99. The van der Waals surface area contributed by atoms with Gasteiger partial charge in [-0.3, -0.25) is 9.59 Å². The van der Waals surface area contributed by atoms with Crippen LogP contribution in [0.5, 0.6) is 0 Å². The third-order valence-corrected chi connectivity index (χ3v) is 4.99. The number of amides is 1. The second kappa shape index (κ2) is 7.79. The van der Waals surface area contributed by atoms with Gasteiger partial charge >= 0.3 is 5.63 Å². The van der Waals surface area contributed by atoms with Gasteiger partial charge in [0.2, 0.25) is 0 Å². The van der Waals surface area contributed by atoms with Gasteiger partial charge in [-0.15, -0.1) is 0 Å². The van der Waals surface area contributed by atoms with Crippen LogP contribution in [-0.4, -0.2) is 18.7 Å². The number of benzene rings is 3. The van der Waals surface area contributed by atoms with E-state index < -0.39 is 11.5 Å². The van der Waals surface area contributed by atoms with E-state index in [2.05, 4.69) is 5.32 Å². The van der Waals surface area contributed by atoms with E-state index in [9.17, 15) is 14.4 Å². The molecule has 0 unspecified atom stereocenters. The van der Waals surface area contributed by atoms with Crippen molar-refractivity contribution in [3.05, 3.63) is 99.4 Å². The van der Waals surface area contributed by atoms with Crippen LogP contribution in [-0.2, 0) is 0 Å². The summed E-state index contributed by atoms with van der Waals surface area (Å²) in [7, 11) is 1.46. The lowest BCUT2D eigenvalue weighted by molar-refractivity contribution is 0.0959. The van der Waals surface area contributed by atoms with E-state index in [-0.39, 0.29) is 11.3 Å². The summed E-state index contributed by atoms with van der Waals surface area (Å²) in [5, 5.41) is 4.62. The third kappa shape index (κ3) is 3.53. The Morgan fingerprint density at radius 3 is 2.37 bits per heavy atom. The van der Waals surface area contributed by atoms with Crippen LogP contribution in [0.1, 0.15) is 31.8 Å². The molecule has 0 bridgehead atoms. The summed E-state index contributed by atoms with van der Waals surface area (Å²) < 4.78 is 5.48. The maximum atomic E-state index is 12.6. The van der Waals surface area contributed by atoms with Gasteiger partial charge in [0.1, 0.15) is 11.1 Å². The first-order chi connectivity index (χ1) is 14.5. The molecule has 0 atom stereocenters. The van der Waals surface area contributed by atoms with Gasteiger partial charge in [-0.05, 0) is 36.1 Å². The first-order valence-electron chi connectivity index (χ1n) is 9.48. The highest BCUT2D eigenvalue weighted by atomic mass is 16.4. The molecule has 3 aromatic carbocycles. The normalized spacial score (nSPS) is 11.3. The van der Waals surface area contributed by atoms with E-state index >= 15 is 0 Å². The molecule has 0 aliphatic carbocycles. The van der Waals surface area contributed by atoms with Crippen molar-refractivity contribution >= 4 is 39.5 Å². The minimum atomic E-state index is -0.690. The fourth-order valence-corrected chi connectivity index (χ4v) is 3.39. The van der Waals surface area contributed by atoms with E-state index in [1.807, 2.05) is 49.4 Å². The van der Waals surface area contributed by atoms with Gasteiger partial charge < -0.3 is 9.73 Å². The van der Waals surface area contributed by atoms with Crippen LogP contribution in [0.4, 0.5) is 0 Å². The Morgan fingerprint density at radius 2 is 1.67 bits per heavy atom. The highest BCUT2D eigenvalue weighted by Gasteiger charge is 2.15. The van der Waals surface area contributed by atoms with Gasteiger partial charge in [-0.2, -0.15) is 0 Å². The van der Waals surface area contributed by atoms with Crippen molar-refractivity contribution in [1.29, 1.82) is 0 Å². The fourth-order valence-electron chi connectivity index (χ4n) is 3.39. The molecule has 0 spiro atoms. The van der Waals surface area contributed by atoms with Crippen molar-refractivity contribution in [2.24, 2.45) is 0 Å². The maximum absolute atomic E-state index is 12.6. The van der Waals surface area contributed by atoms with Crippen LogP contribution >= 0.6 is 0 Å². The zero-order valence-electron chi connectivity index (χ0n) is 16.6. The predicted molar refractivity (Wildman–Crippen MR) is 118 cm³/mol. The number of carbonyl (C=O) groups is 2. The smallest absolute Gasteiger partial charge is 0.349 e. The molecular weight excluding hydrogens is 378 g/mol. The van der Waals surface area contributed by atoms with Crippen LogP contribution in [0.2, 0.25) is 0 Å². The van der Waals surface area contributed by atoms with Crippen molar-refractivity contribution in [3.63, 3.8) is 0 Å². The fraction of sp³-hybridized carbons (Fsp3) is 0.0800. The molecule has 0 aliphatic rings. The Kier molecular flexibility index (Phi) is 5.02. The zero-order valence-corrected chi connectivity index (χ0v) is 16.6. The standard InChI is InChI=1S/C25H19NO4/c1-15-7-9-16(10-8-15)22(27)12-11-17-13-18-14-21(24(28)26-2)25(29)30-23(18)20-6-4-3-5-19(17)20/h3-14H,1-2H3,(H,26,28)/b12-11+. The molecule has 5 heteroatoms. The molecule has 4 aromatic rings. The molecule has 1 aromatic heterocycles. The molecule has 5 nitrogen and oxygen atoms in total. The maximum Gasteiger partial charge on any atom is 0.349 e. The summed E-state index contributed by atoms with van der Waals surface area (Å²) >= 11 is 0. The number of nitrogens with one attached hydrogen (secondary N) is 1. The summed E-state index contributed by atoms with van der Waals surface area (Å²) in [6, 6.07) is 18.2. The lowest BCUT2D eigenvalue weighted by Gasteiger charge is -2.08. The first-order valence-corrected chi connectivity index (χ1v) is 9.48. The molecule has 1 amide bonds. The highest BCUT2D eigenvalue weighted by Crippen LogP contribution is 2.29. The summed E-state index contributed by atoms with van der Waals surface area (Å²) in [4.78, 5) is 36.8. The number of carbonyl (C=O) groups excluding carboxylic acids is 2. The summed E-state index contributed by atoms with van der Waals surface area (Å²) in [5.41, 5.74) is 2.13. The van der Waals surface area contributed by atoms with Crippen LogP contribution < -0.4 is 10.9 Å². The Hall–Kier alpha value is -3.99. The van der Waals surface area contributed by atoms with E-state index in [1.54, 1.807) is 18.2 Å². The van der Waals surface area contributed by atoms with E-state index in [1.165, 1.54) is 19.2 Å². The number of hydrogen-bond donors (Lipinski definition) is 1. The van der Waals surface area contributed by atoms with Crippen molar-refractivity contribution in [1.82, 2.24) is 5.32 Å². The number of allylic oxidation sites excluding steroid dienone is 1. The molecule has 0 radical (unpaired) electrons. The molecule has 30 heavy (non-hydrogen) atoms. The summed E-state index contributed by atoms with van der Waals surface area (Å²) in [5.74, 6) is -0.615. The monoisotopic (exact) mass is 397 g/mol. The average molecular weight is 397 g/mol. The van der Waals surface area contributed by atoms with Crippen molar-refractivity contribution < 1.29 is 14.0 Å². The molecule has 0 saturated heterocycles. The second-order valence-corrected chi connectivity index (χ2v) is 7.02. The largest absolute Gasteiger partial charge is 0.421 e. The van der Waals surface area contributed by atoms with E-state index in [0.717, 1.165) is 21.9 Å². The van der Waals surface area contributed by atoms with Crippen LogP contribution in [0.3, 0.4) is 0 Å². The summed E-state index contributed by atoms with van der Waals surface area (Å²) in [6.07, 6.45) is 3.27. The van der Waals surface area contributed by atoms with Crippen molar-refractivity contribution in [2.45, 2.75) is 6.92 Å². The number of ketones is 1. The van der Waals surface area contributed by atoms with E-state index in [4.69, 9.17) is 4.42 Å². The van der Waals surface area contributed by atoms with Crippen LogP contribution in [0, 0.1) is 6.92 Å². The summed E-state index contributed by atoms with van der Waals surface area (Å²) in [6.45, 7) is 1.97. The number of rotatable bonds is 4. The lowest BCUT2D eigenvalue weighted by atomic mass is 9.99. The Morgan fingerprint density at radius 1 is 0.967 bits per heavy atom. The molecule has 0 aliphatic heterocycles. The molecule has 1 N–H and O–H groups in total. The van der Waals surface area contributed by atoms with Gasteiger partial charge in [0.25, 0.3) is 5.91 Å². The minimum Gasteiger partial charge on any atom is -0.421 e. The molecule has 0 saturated carbocycles. The molecule has 4 rings (SSSR count). The number of hydrogen-bond acceptors (Lipinski definition) is 4. The zero-order chi connectivity index (χ0) is 21.3. The molecular formula is C25H19NO4. The second-order valence-electron chi connectivity index (χ2n) is 7.02. The lowest BCUT2D eigenvalue weighted by Crippen LogP contribution is -2.24. The number of aryl methyl sites for hydroxylation is 1. The number of fused-ring (bicyclic) bond motifs is 3. The first kappa shape index (κ1) is 19.3. The Bertz CT molecular complexity index is 1380. The van der Waals surface area contributed by atoms with Crippen molar-refractivity contribution in [3.8, 4) is 0 Å². The van der Waals surface area contributed by atoms with Crippen LogP contribution in [0.25, 0.3) is 27.8 Å². The van der Waals surface area contributed by atoms with Crippen molar-refractivity contribution in [2.75, 3.05) is 7.05 Å². The SMILES string of the molecule is CNC(=O)c1cc2cc(/C=C/C(=O)c3ccc(C)cc3)c3ccccc3c2oc1=O. The Balaban J connectivity index is 1.86. The molecule has 148 valence electrons. The van der Waals surface area contributed by atoms with Gasteiger partial charge in [-0.25, -0.2) is 4.79 Å². The van der Waals surface area contributed by atoms with E-state index in [0.29, 0.717) is 16.5 Å².